The Bertz CT molecular complexity index is 500. The average molecular weight is 247 g/mol. The van der Waals surface area contributed by atoms with Gasteiger partial charge in [-0.2, -0.15) is 0 Å². The van der Waals surface area contributed by atoms with Gasteiger partial charge in [0.1, 0.15) is 0 Å². The molecule has 0 aliphatic carbocycles. The fraction of sp³-hybridized carbons (Fsp3) is 0.143. The molecule has 0 amide bonds. The van der Waals surface area contributed by atoms with Crippen molar-refractivity contribution in [3.63, 3.8) is 0 Å². The zero-order chi connectivity index (χ0) is 12.4. The van der Waals surface area contributed by atoms with Crippen LogP contribution in [0.3, 0.4) is 0 Å². The van der Waals surface area contributed by atoms with Gasteiger partial charge < -0.3 is 11.1 Å². The first kappa shape index (κ1) is 11.8. The zero-order valence-corrected chi connectivity index (χ0v) is 10.7. The average Bonchev–Trinajstić information content (AvgIpc) is 2.28. The van der Waals surface area contributed by atoms with Gasteiger partial charge in [0.05, 0.1) is 11.4 Å². The molecule has 0 saturated heterocycles. The molecule has 0 aliphatic heterocycles. The number of aryl methyl sites for hydroxylation is 2. The quantitative estimate of drug-likeness (QED) is 0.776. The van der Waals surface area contributed by atoms with E-state index in [4.69, 9.17) is 17.3 Å². The lowest BCUT2D eigenvalue weighted by atomic mass is 10.1. The van der Waals surface area contributed by atoms with Gasteiger partial charge in [-0.05, 0) is 49.2 Å². The highest BCUT2D eigenvalue weighted by molar-refractivity contribution is 6.30. The number of nitrogen functional groups attached to an aromatic ring is 1. The first-order valence-corrected chi connectivity index (χ1v) is 5.83. The predicted octanol–water partition coefficient (Wildman–Crippen LogP) is 4.28. The Morgan fingerprint density at radius 1 is 1.00 bits per heavy atom. The lowest BCUT2D eigenvalue weighted by Gasteiger charge is -2.12. The van der Waals surface area contributed by atoms with Crippen molar-refractivity contribution in [2.75, 3.05) is 11.1 Å². The first-order valence-electron chi connectivity index (χ1n) is 5.45. The van der Waals surface area contributed by atoms with Crippen LogP contribution in [-0.4, -0.2) is 0 Å². The molecule has 0 aliphatic rings. The summed E-state index contributed by atoms with van der Waals surface area (Å²) in [7, 11) is 0. The highest BCUT2D eigenvalue weighted by Crippen LogP contribution is 2.28. The second-order valence-corrected chi connectivity index (χ2v) is 4.61. The van der Waals surface area contributed by atoms with Crippen molar-refractivity contribution in [3.05, 3.63) is 52.5 Å². The number of benzene rings is 2. The Morgan fingerprint density at radius 3 is 2.53 bits per heavy atom. The SMILES string of the molecule is Cc1ccc(N)c(Nc2cc(Cl)ccc2C)c1. The number of halogens is 1. The number of rotatable bonds is 2. The predicted molar refractivity (Wildman–Crippen MR) is 75.1 cm³/mol. The Morgan fingerprint density at radius 2 is 1.76 bits per heavy atom. The van der Waals surface area contributed by atoms with Crippen molar-refractivity contribution in [1.82, 2.24) is 0 Å². The molecular weight excluding hydrogens is 232 g/mol. The van der Waals surface area contributed by atoms with E-state index in [1.54, 1.807) is 0 Å². The minimum Gasteiger partial charge on any atom is -0.397 e. The van der Waals surface area contributed by atoms with E-state index in [0.29, 0.717) is 5.02 Å². The Kier molecular flexibility index (Phi) is 3.25. The summed E-state index contributed by atoms with van der Waals surface area (Å²) < 4.78 is 0. The Labute approximate surface area is 106 Å². The van der Waals surface area contributed by atoms with Crippen molar-refractivity contribution in [2.45, 2.75) is 13.8 Å². The molecule has 2 aromatic rings. The van der Waals surface area contributed by atoms with Crippen LogP contribution in [0.25, 0.3) is 0 Å². The van der Waals surface area contributed by atoms with Crippen molar-refractivity contribution < 1.29 is 0 Å². The van der Waals surface area contributed by atoms with Gasteiger partial charge >= 0.3 is 0 Å². The standard InChI is InChI=1S/C14H15ClN2/c1-9-3-6-12(16)14(7-9)17-13-8-11(15)5-4-10(13)2/h3-8,17H,16H2,1-2H3. The van der Waals surface area contributed by atoms with Crippen LogP contribution >= 0.6 is 11.6 Å². The molecule has 0 unspecified atom stereocenters. The molecular formula is C14H15ClN2. The molecule has 0 saturated carbocycles. The minimum absolute atomic E-state index is 0.712. The number of nitrogens with two attached hydrogens (primary N) is 1. The van der Waals surface area contributed by atoms with Gasteiger partial charge in [-0.1, -0.05) is 23.7 Å². The third-order valence-electron chi connectivity index (χ3n) is 2.68. The number of hydrogen-bond acceptors (Lipinski definition) is 2. The van der Waals surface area contributed by atoms with Gasteiger partial charge in [0.25, 0.3) is 0 Å². The van der Waals surface area contributed by atoms with Crippen LogP contribution < -0.4 is 11.1 Å². The lowest BCUT2D eigenvalue weighted by molar-refractivity contribution is 1.41. The van der Waals surface area contributed by atoms with Crippen LogP contribution in [-0.2, 0) is 0 Å². The molecule has 0 radical (unpaired) electrons. The van der Waals surface area contributed by atoms with Crippen molar-refractivity contribution in [3.8, 4) is 0 Å². The van der Waals surface area contributed by atoms with Crippen LogP contribution in [0.5, 0.6) is 0 Å². The summed E-state index contributed by atoms with van der Waals surface area (Å²) in [5.74, 6) is 0. The van der Waals surface area contributed by atoms with Crippen molar-refractivity contribution >= 4 is 28.7 Å². The van der Waals surface area contributed by atoms with Gasteiger partial charge in [-0.25, -0.2) is 0 Å². The molecule has 88 valence electrons. The van der Waals surface area contributed by atoms with Crippen LogP contribution in [0.4, 0.5) is 17.1 Å². The lowest BCUT2D eigenvalue weighted by Crippen LogP contribution is -1.98. The molecule has 0 atom stereocenters. The fourth-order valence-corrected chi connectivity index (χ4v) is 1.82. The highest BCUT2D eigenvalue weighted by Gasteiger charge is 2.03. The van der Waals surface area contributed by atoms with Gasteiger partial charge in [0, 0.05) is 10.7 Å². The van der Waals surface area contributed by atoms with Gasteiger partial charge in [0.15, 0.2) is 0 Å². The first-order chi connectivity index (χ1) is 8.06. The molecule has 3 heteroatoms. The summed E-state index contributed by atoms with van der Waals surface area (Å²) in [5, 5.41) is 4.03. The Balaban J connectivity index is 2.37. The monoisotopic (exact) mass is 246 g/mol. The van der Waals surface area contributed by atoms with Gasteiger partial charge in [-0.3, -0.25) is 0 Å². The van der Waals surface area contributed by atoms with Crippen molar-refractivity contribution in [1.29, 1.82) is 0 Å². The summed E-state index contributed by atoms with van der Waals surface area (Å²) in [5.41, 5.74) is 10.9. The summed E-state index contributed by atoms with van der Waals surface area (Å²) in [6.45, 7) is 4.07. The van der Waals surface area contributed by atoms with Crippen LogP contribution in [0.15, 0.2) is 36.4 Å². The smallest absolute Gasteiger partial charge is 0.0620 e. The second-order valence-electron chi connectivity index (χ2n) is 4.17. The maximum absolute atomic E-state index is 5.98. The molecule has 0 heterocycles. The molecule has 2 aromatic carbocycles. The third-order valence-corrected chi connectivity index (χ3v) is 2.91. The van der Waals surface area contributed by atoms with Crippen LogP contribution in [0.2, 0.25) is 5.02 Å². The largest absolute Gasteiger partial charge is 0.397 e. The van der Waals surface area contributed by atoms with E-state index in [1.807, 2.05) is 50.2 Å². The van der Waals surface area contributed by atoms with Gasteiger partial charge in [-0.15, -0.1) is 0 Å². The van der Waals surface area contributed by atoms with Gasteiger partial charge in [0.2, 0.25) is 0 Å². The molecule has 17 heavy (non-hydrogen) atoms. The van der Waals surface area contributed by atoms with E-state index in [2.05, 4.69) is 5.32 Å². The van der Waals surface area contributed by atoms with E-state index in [9.17, 15) is 0 Å². The fourth-order valence-electron chi connectivity index (χ4n) is 1.65. The molecule has 0 fully saturated rings. The number of anilines is 3. The van der Waals surface area contributed by atoms with Crippen molar-refractivity contribution in [2.24, 2.45) is 0 Å². The summed E-state index contributed by atoms with van der Waals surface area (Å²) in [6.07, 6.45) is 0. The van der Waals surface area contributed by atoms with Crippen LogP contribution in [0.1, 0.15) is 11.1 Å². The van der Waals surface area contributed by atoms with E-state index in [-0.39, 0.29) is 0 Å². The summed E-state index contributed by atoms with van der Waals surface area (Å²) in [6, 6.07) is 11.7. The summed E-state index contributed by atoms with van der Waals surface area (Å²) in [4.78, 5) is 0. The zero-order valence-electron chi connectivity index (χ0n) is 9.92. The molecule has 2 rings (SSSR count). The maximum atomic E-state index is 5.98. The third kappa shape index (κ3) is 2.71. The topological polar surface area (TPSA) is 38.0 Å². The van der Waals surface area contributed by atoms with E-state index < -0.39 is 0 Å². The van der Waals surface area contributed by atoms with Crippen LogP contribution in [0, 0.1) is 13.8 Å². The maximum Gasteiger partial charge on any atom is 0.0620 e. The Hall–Kier alpha value is -1.67. The number of hydrogen-bond donors (Lipinski definition) is 2. The summed E-state index contributed by atoms with van der Waals surface area (Å²) >= 11 is 5.98. The minimum atomic E-state index is 0.712. The van der Waals surface area contributed by atoms with E-state index >= 15 is 0 Å². The highest BCUT2D eigenvalue weighted by atomic mass is 35.5. The van der Waals surface area contributed by atoms with E-state index in [1.165, 1.54) is 5.56 Å². The molecule has 2 nitrogen and oxygen atoms in total. The molecule has 0 aromatic heterocycles. The number of nitrogens with one attached hydrogen (secondary N) is 1. The molecule has 0 spiro atoms. The van der Waals surface area contributed by atoms with E-state index in [0.717, 1.165) is 22.6 Å². The normalized spacial score (nSPS) is 10.3. The molecule has 0 bridgehead atoms. The molecule has 3 N–H and O–H groups in total. The second kappa shape index (κ2) is 4.68.